The van der Waals surface area contributed by atoms with E-state index in [2.05, 4.69) is 58.5 Å². The van der Waals surface area contributed by atoms with Crippen molar-refractivity contribution < 1.29 is 5.11 Å². The molecule has 4 aromatic rings. The van der Waals surface area contributed by atoms with Crippen molar-refractivity contribution in [2.24, 2.45) is 0 Å². The molecule has 0 spiro atoms. The summed E-state index contributed by atoms with van der Waals surface area (Å²) in [6.45, 7) is 4.69. The lowest BCUT2D eigenvalue weighted by atomic mass is 10.2. The average molecular weight is 562 g/mol. The molecule has 2 aromatic heterocycles. The molecule has 0 atom stereocenters. The van der Waals surface area contributed by atoms with Crippen molar-refractivity contribution in [2.75, 3.05) is 54.9 Å². The summed E-state index contributed by atoms with van der Waals surface area (Å²) in [7, 11) is 0. The van der Waals surface area contributed by atoms with Gasteiger partial charge in [0, 0.05) is 62.2 Å². The quantitative estimate of drug-likeness (QED) is 0.297. The summed E-state index contributed by atoms with van der Waals surface area (Å²) in [6, 6.07) is 21.2. The number of aromatic nitrogens is 3. The van der Waals surface area contributed by atoms with Crippen LogP contribution in [0.15, 0.2) is 88.4 Å². The molecular formula is C27H28BrN7O2. The van der Waals surface area contributed by atoms with Gasteiger partial charge in [0.05, 0.1) is 11.1 Å². The Hall–Kier alpha value is -3.73. The molecule has 0 saturated carbocycles. The van der Waals surface area contributed by atoms with Crippen LogP contribution >= 0.6 is 15.9 Å². The van der Waals surface area contributed by atoms with Crippen LogP contribution in [-0.2, 0) is 0 Å². The minimum absolute atomic E-state index is 0.179. The summed E-state index contributed by atoms with van der Waals surface area (Å²) in [4.78, 5) is 26.7. The Morgan fingerprint density at radius 2 is 1.65 bits per heavy atom. The minimum atomic E-state index is -0.179. The van der Waals surface area contributed by atoms with Gasteiger partial charge in [-0.2, -0.15) is 4.98 Å². The number of pyridine rings is 1. The van der Waals surface area contributed by atoms with Crippen LogP contribution in [0.5, 0.6) is 0 Å². The van der Waals surface area contributed by atoms with Crippen LogP contribution in [0.2, 0.25) is 0 Å². The fourth-order valence-electron chi connectivity index (χ4n) is 4.28. The van der Waals surface area contributed by atoms with Gasteiger partial charge >= 0.3 is 0 Å². The van der Waals surface area contributed by atoms with Gasteiger partial charge in [0.2, 0.25) is 5.95 Å². The van der Waals surface area contributed by atoms with Crippen molar-refractivity contribution in [2.45, 2.75) is 0 Å². The number of nitrogens with zero attached hydrogens (tertiary/aromatic N) is 5. The molecule has 0 aliphatic carbocycles. The lowest BCUT2D eigenvalue weighted by Gasteiger charge is -2.35. The lowest BCUT2D eigenvalue weighted by molar-refractivity contribution is 0.189. The van der Waals surface area contributed by atoms with Crippen molar-refractivity contribution in [1.29, 1.82) is 0 Å². The highest BCUT2D eigenvalue weighted by Crippen LogP contribution is 2.25. The first-order chi connectivity index (χ1) is 18.1. The molecular weight excluding hydrogens is 534 g/mol. The SMILES string of the molecule is O=c1c(Nc2nc(Nc3ccc(N4CCN(CCO)CC4)cc3)ncc2Br)cccn1-c1ccccc1. The summed E-state index contributed by atoms with van der Waals surface area (Å²) in [5.41, 5.74) is 3.03. The van der Waals surface area contributed by atoms with Gasteiger partial charge in [0.1, 0.15) is 5.69 Å². The Morgan fingerprint density at radius 1 is 0.892 bits per heavy atom. The maximum atomic E-state index is 13.1. The number of anilines is 5. The first-order valence-electron chi connectivity index (χ1n) is 12.1. The lowest BCUT2D eigenvalue weighted by Crippen LogP contribution is -2.47. The topological polar surface area (TPSA) is 98.6 Å². The van der Waals surface area contributed by atoms with Crippen LogP contribution in [0.4, 0.5) is 28.8 Å². The highest BCUT2D eigenvalue weighted by molar-refractivity contribution is 9.10. The van der Waals surface area contributed by atoms with Gasteiger partial charge in [-0.25, -0.2) is 4.98 Å². The molecule has 37 heavy (non-hydrogen) atoms. The van der Waals surface area contributed by atoms with Gasteiger partial charge in [-0.1, -0.05) is 18.2 Å². The largest absolute Gasteiger partial charge is 0.395 e. The van der Waals surface area contributed by atoms with E-state index >= 15 is 0 Å². The molecule has 0 radical (unpaired) electrons. The fraction of sp³-hybridized carbons (Fsp3) is 0.222. The smallest absolute Gasteiger partial charge is 0.278 e. The van der Waals surface area contributed by atoms with Crippen molar-refractivity contribution in [3.05, 3.63) is 94.0 Å². The number of benzene rings is 2. The standard InChI is InChI=1S/C27H28BrN7O2/c28-23-19-29-27(30-20-8-10-21(11-9-20)34-15-13-33(14-16-34)17-18-36)32-25(23)31-24-7-4-12-35(26(24)37)22-5-2-1-3-6-22/h1-12,19,36H,13-18H2,(H2,29,30,31,32). The number of aliphatic hydroxyl groups excluding tert-OH is 1. The first-order valence-corrected chi connectivity index (χ1v) is 12.9. The molecule has 0 unspecified atom stereocenters. The van der Waals surface area contributed by atoms with Crippen molar-refractivity contribution in [3.8, 4) is 5.69 Å². The van der Waals surface area contributed by atoms with Gasteiger partial charge in [0.25, 0.3) is 5.56 Å². The zero-order chi connectivity index (χ0) is 25.6. The van der Waals surface area contributed by atoms with Gasteiger partial charge in [-0.3, -0.25) is 14.3 Å². The predicted octanol–water partition coefficient (Wildman–Crippen LogP) is 3.99. The number of aliphatic hydroxyl groups is 1. The van der Waals surface area contributed by atoms with Gasteiger partial charge in [-0.15, -0.1) is 0 Å². The molecule has 0 amide bonds. The Balaban J connectivity index is 1.28. The molecule has 0 bridgehead atoms. The van der Waals surface area contributed by atoms with Crippen LogP contribution < -0.4 is 21.1 Å². The van der Waals surface area contributed by atoms with E-state index in [0.29, 0.717) is 21.9 Å². The van der Waals surface area contributed by atoms with Crippen LogP contribution in [0, 0.1) is 0 Å². The maximum Gasteiger partial charge on any atom is 0.278 e. The van der Waals surface area contributed by atoms with Crippen LogP contribution in [0.1, 0.15) is 0 Å². The molecule has 9 nitrogen and oxygen atoms in total. The maximum absolute atomic E-state index is 13.1. The first kappa shape index (κ1) is 24.9. The molecule has 1 saturated heterocycles. The number of rotatable bonds is 8. The summed E-state index contributed by atoms with van der Waals surface area (Å²) in [5, 5.41) is 15.5. The zero-order valence-corrected chi connectivity index (χ0v) is 21.8. The third-order valence-electron chi connectivity index (χ3n) is 6.26. The van der Waals surface area contributed by atoms with Crippen molar-refractivity contribution >= 4 is 44.8 Å². The highest BCUT2D eigenvalue weighted by Gasteiger charge is 2.17. The Kier molecular flexibility index (Phi) is 7.79. The van der Waals surface area contributed by atoms with E-state index in [1.54, 1.807) is 23.0 Å². The molecule has 10 heteroatoms. The van der Waals surface area contributed by atoms with E-state index in [-0.39, 0.29) is 12.2 Å². The number of para-hydroxylation sites is 1. The van der Waals surface area contributed by atoms with E-state index in [9.17, 15) is 4.79 Å². The molecule has 1 fully saturated rings. The number of β-amino-alcohol motifs (C(OH)–C–C–N with tert-alkyl or cyclic N) is 1. The second-order valence-corrected chi connectivity index (χ2v) is 9.53. The normalized spacial score (nSPS) is 13.9. The predicted molar refractivity (Wildman–Crippen MR) is 151 cm³/mol. The summed E-state index contributed by atoms with van der Waals surface area (Å²) in [6.07, 6.45) is 3.39. The molecule has 1 aliphatic rings. The monoisotopic (exact) mass is 561 g/mol. The molecule has 190 valence electrons. The molecule has 3 N–H and O–H groups in total. The van der Waals surface area contributed by atoms with E-state index in [1.807, 2.05) is 48.5 Å². The van der Waals surface area contributed by atoms with E-state index in [0.717, 1.165) is 49.8 Å². The third kappa shape index (κ3) is 5.99. The molecule has 3 heterocycles. The zero-order valence-electron chi connectivity index (χ0n) is 20.2. The van der Waals surface area contributed by atoms with E-state index in [1.165, 1.54) is 0 Å². The number of nitrogens with one attached hydrogen (secondary N) is 2. The Bertz CT molecular complexity index is 1390. The molecule has 2 aromatic carbocycles. The fourth-order valence-corrected chi connectivity index (χ4v) is 4.57. The second-order valence-electron chi connectivity index (χ2n) is 8.67. The van der Waals surface area contributed by atoms with Crippen molar-refractivity contribution in [1.82, 2.24) is 19.4 Å². The van der Waals surface area contributed by atoms with Crippen LogP contribution in [0.25, 0.3) is 5.69 Å². The number of hydrogen-bond donors (Lipinski definition) is 3. The van der Waals surface area contributed by atoms with E-state index < -0.39 is 0 Å². The number of halogens is 1. The minimum Gasteiger partial charge on any atom is -0.395 e. The van der Waals surface area contributed by atoms with Gasteiger partial charge < -0.3 is 20.6 Å². The Morgan fingerprint density at radius 3 is 2.38 bits per heavy atom. The van der Waals surface area contributed by atoms with E-state index in [4.69, 9.17) is 5.11 Å². The summed E-state index contributed by atoms with van der Waals surface area (Å²) >= 11 is 3.48. The average Bonchev–Trinajstić information content (AvgIpc) is 2.93. The van der Waals surface area contributed by atoms with Crippen LogP contribution in [0.3, 0.4) is 0 Å². The summed E-state index contributed by atoms with van der Waals surface area (Å²) in [5.74, 6) is 0.896. The van der Waals surface area contributed by atoms with Gasteiger partial charge in [0.15, 0.2) is 5.82 Å². The molecule has 1 aliphatic heterocycles. The Labute approximate surface area is 223 Å². The number of hydrogen-bond acceptors (Lipinski definition) is 8. The number of piperazine rings is 1. The summed E-state index contributed by atoms with van der Waals surface area (Å²) < 4.78 is 2.23. The van der Waals surface area contributed by atoms with Crippen LogP contribution in [-0.4, -0.2) is 63.9 Å². The third-order valence-corrected chi connectivity index (χ3v) is 6.84. The molecule has 5 rings (SSSR count). The van der Waals surface area contributed by atoms with Crippen molar-refractivity contribution in [3.63, 3.8) is 0 Å². The van der Waals surface area contributed by atoms with Gasteiger partial charge in [-0.05, 0) is 64.5 Å². The highest BCUT2D eigenvalue weighted by atomic mass is 79.9. The second kappa shape index (κ2) is 11.5.